The van der Waals surface area contributed by atoms with Crippen molar-refractivity contribution < 1.29 is 5.11 Å². The minimum Gasteiger partial charge on any atom is -0.397 e. The van der Waals surface area contributed by atoms with Crippen LogP contribution in [0.2, 0.25) is 15.2 Å². The zero-order chi connectivity index (χ0) is 9.56. The van der Waals surface area contributed by atoms with Crippen molar-refractivity contribution in [2.24, 2.45) is 0 Å². The Morgan fingerprint density at radius 1 is 1.42 bits per heavy atom. The average molecular weight is 229 g/mol. The van der Waals surface area contributed by atoms with E-state index in [-0.39, 0.29) is 11.8 Å². The van der Waals surface area contributed by atoms with Gasteiger partial charge in [0.15, 0.2) is 0 Å². The highest BCUT2D eigenvalue weighted by molar-refractivity contribution is 6.42. The van der Waals surface area contributed by atoms with Crippen molar-refractivity contribution in [3.63, 3.8) is 0 Å². The van der Waals surface area contributed by atoms with Gasteiger partial charge in [-0.05, 0) is 13.0 Å². The molecule has 1 rings (SSSR count). The number of hydrogen-bond donors (Lipinski definition) is 1. The van der Waals surface area contributed by atoms with E-state index in [1.54, 1.807) is 13.0 Å². The number of nitrogens with zero attached hydrogens (tertiary/aromatic N) is 1. The maximum atomic E-state index is 7.57. The van der Waals surface area contributed by atoms with Crippen LogP contribution in [-0.2, 0) is 0 Å². The maximum absolute atomic E-state index is 7.57. The van der Waals surface area contributed by atoms with Crippen molar-refractivity contribution in [1.82, 2.24) is 4.98 Å². The van der Waals surface area contributed by atoms with Crippen molar-refractivity contribution in [2.45, 2.75) is 6.92 Å². The fourth-order valence-corrected chi connectivity index (χ4v) is 0.881. The van der Waals surface area contributed by atoms with Gasteiger partial charge < -0.3 is 5.11 Å². The average Bonchev–Trinajstić information content (AvgIpc) is 1.99. The lowest BCUT2D eigenvalue weighted by atomic mass is 10.5. The van der Waals surface area contributed by atoms with Gasteiger partial charge in [0.05, 0.1) is 10.0 Å². The molecule has 0 bridgehead atoms. The predicted octanol–water partition coefficient (Wildman–Crippen LogP) is 3.04. The molecule has 0 radical (unpaired) electrons. The summed E-state index contributed by atoms with van der Waals surface area (Å²) >= 11 is 16.5. The molecule has 0 saturated heterocycles. The fraction of sp³-hybridized carbons (Fsp3) is 0.286. The van der Waals surface area contributed by atoms with Gasteiger partial charge in [0.2, 0.25) is 0 Å². The lowest BCUT2D eigenvalue weighted by Crippen LogP contribution is -1.74. The van der Waals surface area contributed by atoms with Gasteiger partial charge in [-0.15, -0.1) is 0 Å². The van der Waals surface area contributed by atoms with E-state index in [2.05, 4.69) is 4.98 Å². The normalized spacial score (nSPS) is 8.75. The molecule has 12 heavy (non-hydrogen) atoms. The summed E-state index contributed by atoms with van der Waals surface area (Å²) in [5.41, 5.74) is 0. The lowest BCUT2D eigenvalue weighted by Gasteiger charge is -1.91. The topological polar surface area (TPSA) is 33.1 Å². The van der Waals surface area contributed by atoms with Crippen molar-refractivity contribution in [1.29, 1.82) is 0 Å². The molecule has 0 aliphatic heterocycles. The van der Waals surface area contributed by atoms with Gasteiger partial charge in [0.1, 0.15) is 5.15 Å². The first-order valence-corrected chi connectivity index (χ1v) is 4.32. The highest BCUT2D eigenvalue weighted by atomic mass is 35.5. The molecule has 5 heteroatoms. The number of aliphatic hydroxyl groups excluding tert-OH is 1. The molecule has 1 aromatic rings. The molecule has 0 saturated carbocycles. The lowest BCUT2D eigenvalue weighted by molar-refractivity contribution is 0.318. The molecule has 0 unspecified atom stereocenters. The van der Waals surface area contributed by atoms with Gasteiger partial charge >= 0.3 is 0 Å². The van der Waals surface area contributed by atoms with E-state index in [0.717, 1.165) is 0 Å². The first kappa shape index (κ1) is 12.0. The highest BCUT2D eigenvalue weighted by Crippen LogP contribution is 2.21. The first-order valence-electron chi connectivity index (χ1n) is 3.19. The monoisotopic (exact) mass is 227 g/mol. The summed E-state index contributed by atoms with van der Waals surface area (Å²) in [5.74, 6) is 0. The largest absolute Gasteiger partial charge is 0.397 e. The highest BCUT2D eigenvalue weighted by Gasteiger charge is 1.96. The number of pyridine rings is 1. The molecule has 1 heterocycles. The van der Waals surface area contributed by atoms with Crippen LogP contribution in [0.5, 0.6) is 0 Å². The Bertz CT molecular complexity index is 242. The van der Waals surface area contributed by atoms with E-state index in [9.17, 15) is 0 Å². The van der Waals surface area contributed by atoms with Gasteiger partial charge in [-0.3, -0.25) is 0 Å². The molecule has 2 nitrogen and oxygen atoms in total. The molecule has 0 spiro atoms. The van der Waals surface area contributed by atoms with E-state index in [1.807, 2.05) is 0 Å². The Kier molecular flexibility index (Phi) is 6.48. The summed E-state index contributed by atoms with van der Waals surface area (Å²) in [4.78, 5) is 3.68. The van der Waals surface area contributed by atoms with Crippen molar-refractivity contribution in [2.75, 3.05) is 6.61 Å². The van der Waals surface area contributed by atoms with Crippen LogP contribution in [0.1, 0.15) is 6.92 Å². The maximum Gasteiger partial charge on any atom is 0.147 e. The number of hydrogen-bond acceptors (Lipinski definition) is 2. The van der Waals surface area contributed by atoms with Crippen molar-refractivity contribution in [3.8, 4) is 0 Å². The number of aromatic nitrogens is 1. The van der Waals surface area contributed by atoms with Crippen LogP contribution >= 0.6 is 34.8 Å². The van der Waals surface area contributed by atoms with Crippen LogP contribution in [0.4, 0.5) is 0 Å². The molecule has 0 aromatic carbocycles. The number of rotatable bonds is 0. The second-order valence-electron chi connectivity index (χ2n) is 1.74. The van der Waals surface area contributed by atoms with Gasteiger partial charge in [0.25, 0.3) is 0 Å². The van der Waals surface area contributed by atoms with Crippen LogP contribution in [0.25, 0.3) is 0 Å². The minimum atomic E-state index is 0.250. The Morgan fingerprint density at radius 3 is 2.25 bits per heavy atom. The van der Waals surface area contributed by atoms with Crippen molar-refractivity contribution in [3.05, 3.63) is 27.5 Å². The molecule has 68 valence electrons. The zero-order valence-corrected chi connectivity index (χ0v) is 8.66. The molecule has 1 aromatic heterocycles. The smallest absolute Gasteiger partial charge is 0.147 e. The SMILES string of the molecule is CCO.Clc1cnc(Cl)c(Cl)c1. The number of aliphatic hydroxyl groups is 1. The molecule has 0 fully saturated rings. The molecule has 0 aliphatic rings. The molecular weight excluding hydrogens is 220 g/mol. The Labute approximate surface area is 86.1 Å². The van der Waals surface area contributed by atoms with E-state index >= 15 is 0 Å². The third-order valence-corrected chi connectivity index (χ3v) is 1.66. The summed E-state index contributed by atoms with van der Waals surface area (Å²) in [5, 5.41) is 8.72. The van der Waals surface area contributed by atoms with Crippen LogP contribution < -0.4 is 0 Å². The van der Waals surface area contributed by atoms with E-state index in [1.165, 1.54) is 6.20 Å². The van der Waals surface area contributed by atoms with Crippen LogP contribution in [-0.4, -0.2) is 16.7 Å². The van der Waals surface area contributed by atoms with Gasteiger partial charge in [0, 0.05) is 12.8 Å². The summed E-state index contributed by atoms with van der Waals surface area (Å²) in [7, 11) is 0. The molecule has 0 aliphatic carbocycles. The van der Waals surface area contributed by atoms with Crippen LogP contribution in [0, 0.1) is 0 Å². The Hall–Kier alpha value is -0.0200. The Morgan fingerprint density at radius 2 is 1.92 bits per heavy atom. The van der Waals surface area contributed by atoms with E-state index in [0.29, 0.717) is 10.0 Å². The first-order chi connectivity index (χ1) is 5.61. The predicted molar refractivity (Wildman–Crippen MR) is 52.0 cm³/mol. The van der Waals surface area contributed by atoms with E-state index < -0.39 is 0 Å². The minimum absolute atomic E-state index is 0.250. The molecular formula is C7H8Cl3NO. The summed E-state index contributed by atoms with van der Waals surface area (Å²) in [6, 6.07) is 1.54. The van der Waals surface area contributed by atoms with Gasteiger partial charge in [-0.1, -0.05) is 34.8 Å². The number of halogens is 3. The fourth-order valence-electron chi connectivity index (χ4n) is 0.398. The van der Waals surface area contributed by atoms with Crippen LogP contribution in [0.15, 0.2) is 12.3 Å². The summed E-state index contributed by atoms with van der Waals surface area (Å²) in [6.45, 7) is 1.93. The van der Waals surface area contributed by atoms with Gasteiger partial charge in [-0.25, -0.2) is 4.98 Å². The third-order valence-electron chi connectivity index (χ3n) is 0.763. The summed E-state index contributed by atoms with van der Waals surface area (Å²) < 4.78 is 0. The molecule has 0 atom stereocenters. The van der Waals surface area contributed by atoms with Crippen LogP contribution in [0.3, 0.4) is 0 Å². The molecule has 0 amide bonds. The summed E-state index contributed by atoms with van der Waals surface area (Å²) in [6.07, 6.45) is 1.44. The third kappa shape index (κ3) is 4.78. The zero-order valence-electron chi connectivity index (χ0n) is 6.39. The standard InChI is InChI=1S/C5H2Cl3N.C2H6O/c6-3-1-4(7)5(8)9-2-3;1-2-3/h1-2H;3H,2H2,1H3. The second kappa shape index (κ2) is 6.49. The molecule has 1 N–H and O–H groups in total. The van der Waals surface area contributed by atoms with E-state index in [4.69, 9.17) is 39.9 Å². The van der Waals surface area contributed by atoms with Gasteiger partial charge in [-0.2, -0.15) is 0 Å². The quantitative estimate of drug-likeness (QED) is 0.693. The second-order valence-corrected chi connectivity index (χ2v) is 2.94. The van der Waals surface area contributed by atoms with Crippen molar-refractivity contribution >= 4 is 34.8 Å². The Balaban J connectivity index is 0.000000354.